The van der Waals surface area contributed by atoms with E-state index < -0.39 is 0 Å². The standard InChI is InChI=1S/C14H17N3O/c15-14-16-8-12(17(14)11-2-3-11)9-1-4-13-10(7-9)5-6-18-13/h1,4,7,11-12H,2-3,5-6,8H2,(H2,15,16). The van der Waals surface area contributed by atoms with Crippen molar-refractivity contribution in [2.45, 2.75) is 31.3 Å². The van der Waals surface area contributed by atoms with Crippen LogP contribution in [0.2, 0.25) is 0 Å². The van der Waals surface area contributed by atoms with Crippen LogP contribution in [0.1, 0.15) is 30.0 Å². The van der Waals surface area contributed by atoms with E-state index in [9.17, 15) is 0 Å². The average molecular weight is 243 g/mol. The van der Waals surface area contributed by atoms with Crippen LogP contribution in [0.25, 0.3) is 0 Å². The highest BCUT2D eigenvalue weighted by atomic mass is 16.5. The summed E-state index contributed by atoms with van der Waals surface area (Å²) in [6, 6.07) is 7.49. The van der Waals surface area contributed by atoms with Crippen LogP contribution in [0, 0.1) is 0 Å². The van der Waals surface area contributed by atoms with E-state index in [2.05, 4.69) is 28.1 Å². The predicted octanol–water partition coefficient (Wildman–Crippen LogP) is 1.46. The highest BCUT2D eigenvalue weighted by Gasteiger charge is 2.39. The number of ether oxygens (including phenoxy) is 1. The minimum atomic E-state index is 0.336. The molecule has 94 valence electrons. The second kappa shape index (κ2) is 3.64. The van der Waals surface area contributed by atoms with Gasteiger partial charge in [-0.05, 0) is 36.1 Å². The van der Waals surface area contributed by atoms with Gasteiger partial charge in [-0.1, -0.05) is 6.07 Å². The molecule has 1 fully saturated rings. The van der Waals surface area contributed by atoms with E-state index in [4.69, 9.17) is 10.5 Å². The molecule has 2 aliphatic heterocycles. The molecule has 4 rings (SSSR count). The van der Waals surface area contributed by atoms with E-state index in [-0.39, 0.29) is 0 Å². The van der Waals surface area contributed by atoms with Crippen molar-refractivity contribution in [3.8, 4) is 5.75 Å². The molecule has 18 heavy (non-hydrogen) atoms. The molecule has 0 aromatic heterocycles. The fraction of sp³-hybridized carbons (Fsp3) is 0.500. The molecule has 1 saturated carbocycles. The van der Waals surface area contributed by atoms with Crippen molar-refractivity contribution in [2.24, 2.45) is 10.7 Å². The Morgan fingerprint density at radius 1 is 1.33 bits per heavy atom. The van der Waals surface area contributed by atoms with Gasteiger partial charge in [0, 0.05) is 12.5 Å². The van der Waals surface area contributed by atoms with Crippen LogP contribution in [0.15, 0.2) is 23.2 Å². The number of aliphatic imine (C=N–C) groups is 1. The second-order valence-corrected chi connectivity index (χ2v) is 5.32. The van der Waals surface area contributed by atoms with E-state index >= 15 is 0 Å². The zero-order chi connectivity index (χ0) is 12.1. The fourth-order valence-corrected chi connectivity index (χ4v) is 2.98. The monoisotopic (exact) mass is 243 g/mol. The highest BCUT2D eigenvalue weighted by Crippen LogP contribution is 2.38. The lowest BCUT2D eigenvalue weighted by molar-refractivity contribution is 0.337. The summed E-state index contributed by atoms with van der Waals surface area (Å²) >= 11 is 0. The third-order valence-corrected chi connectivity index (χ3v) is 4.07. The molecule has 0 spiro atoms. The fourth-order valence-electron chi connectivity index (χ4n) is 2.98. The number of hydrogen-bond donors (Lipinski definition) is 1. The Balaban J connectivity index is 1.67. The largest absolute Gasteiger partial charge is 0.493 e. The molecule has 1 aliphatic carbocycles. The van der Waals surface area contributed by atoms with E-state index in [0.717, 1.165) is 31.3 Å². The Bertz CT molecular complexity index is 522. The molecule has 0 radical (unpaired) electrons. The van der Waals surface area contributed by atoms with E-state index in [1.165, 1.54) is 24.0 Å². The van der Waals surface area contributed by atoms with E-state index in [1.54, 1.807) is 0 Å². The minimum Gasteiger partial charge on any atom is -0.493 e. The molecule has 2 N–H and O–H groups in total. The van der Waals surface area contributed by atoms with Gasteiger partial charge in [0.05, 0.1) is 19.2 Å². The first-order valence-electron chi connectivity index (χ1n) is 6.67. The Labute approximate surface area is 106 Å². The Morgan fingerprint density at radius 2 is 2.22 bits per heavy atom. The quantitative estimate of drug-likeness (QED) is 0.855. The summed E-state index contributed by atoms with van der Waals surface area (Å²) in [5.41, 5.74) is 8.67. The van der Waals surface area contributed by atoms with Crippen molar-refractivity contribution in [1.29, 1.82) is 0 Å². The van der Waals surface area contributed by atoms with Crippen LogP contribution in [-0.2, 0) is 6.42 Å². The number of benzene rings is 1. The first kappa shape index (κ1) is 10.2. The molecule has 0 bridgehead atoms. The van der Waals surface area contributed by atoms with Gasteiger partial charge in [-0.3, -0.25) is 4.99 Å². The zero-order valence-electron chi connectivity index (χ0n) is 10.3. The Morgan fingerprint density at radius 3 is 3.06 bits per heavy atom. The third-order valence-electron chi connectivity index (χ3n) is 4.07. The smallest absolute Gasteiger partial charge is 0.192 e. The molecular weight excluding hydrogens is 226 g/mol. The van der Waals surface area contributed by atoms with Crippen molar-refractivity contribution in [3.63, 3.8) is 0 Å². The third kappa shape index (κ3) is 1.48. The number of hydrogen-bond acceptors (Lipinski definition) is 4. The SMILES string of the molecule is NC1=NCC(c2ccc3c(c2)CCO3)N1C1CC1. The molecular formula is C14H17N3O. The van der Waals surface area contributed by atoms with E-state index in [1.807, 2.05) is 0 Å². The van der Waals surface area contributed by atoms with Gasteiger partial charge < -0.3 is 15.4 Å². The van der Waals surface area contributed by atoms with Crippen LogP contribution in [0.3, 0.4) is 0 Å². The molecule has 1 aromatic carbocycles. The Hall–Kier alpha value is -1.71. The van der Waals surface area contributed by atoms with Crippen LogP contribution in [-0.4, -0.2) is 30.1 Å². The normalized spacial score (nSPS) is 25.9. The first-order chi connectivity index (χ1) is 8.83. The van der Waals surface area contributed by atoms with Crippen LogP contribution < -0.4 is 10.5 Å². The summed E-state index contributed by atoms with van der Waals surface area (Å²) < 4.78 is 5.56. The van der Waals surface area contributed by atoms with E-state index in [0.29, 0.717) is 12.1 Å². The minimum absolute atomic E-state index is 0.336. The lowest BCUT2D eigenvalue weighted by atomic mass is 10.0. The molecule has 1 atom stereocenters. The highest BCUT2D eigenvalue weighted by molar-refractivity contribution is 5.81. The van der Waals surface area contributed by atoms with Gasteiger partial charge in [0.15, 0.2) is 5.96 Å². The molecule has 3 aliphatic rings. The van der Waals surface area contributed by atoms with Crippen LogP contribution in [0.5, 0.6) is 5.75 Å². The number of fused-ring (bicyclic) bond motifs is 1. The topological polar surface area (TPSA) is 50.9 Å². The van der Waals surface area contributed by atoms with Crippen molar-refractivity contribution < 1.29 is 4.74 Å². The first-order valence-corrected chi connectivity index (χ1v) is 6.67. The van der Waals surface area contributed by atoms with Crippen molar-refractivity contribution in [1.82, 2.24) is 4.90 Å². The summed E-state index contributed by atoms with van der Waals surface area (Å²) in [6.07, 6.45) is 3.53. The summed E-state index contributed by atoms with van der Waals surface area (Å²) in [5, 5.41) is 0. The summed E-state index contributed by atoms with van der Waals surface area (Å²) in [4.78, 5) is 6.72. The summed E-state index contributed by atoms with van der Waals surface area (Å²) in [5.74, 6) is 1.77. The maximum Gasteiger partial charge on any atom is 0.192 e. The molecule has 1 aromatic rings. The van der Waals surface area contributed by atoms with Crippen molar-refractivity contribution in [2.75, 3.05) is 13.2 Å². The number of rotatable bonds is 2. The molecule has 1 unspecified atom stereocenters. The van der Waals surface area contributed by atoms with Crippen molar-refractivity contribution >= 4 is 5.96 Å². The van der Waals surface area contributed by atoms with Gasteiger partial charge >= 0.3 is 0 Å². The number of nitrogens with two attached hydrogens (primary N) is 1. The molecule has 4 nitrogen and oxygen atoms in total. The average Bonchev–Trinajstić information content (AvgIpc) is 2.98. The summed E-state index contributed by atoms with van der Waals surface area (Å²) in [7, 11) is 0. The molecule has 0 amide bonds. The maximum atomic E-state index is 6.01. The number of nitrogens with zero attached hydrogens (tertiary/aromatic N) is 2. The van der Waals surface area contributed by atoms with Gasteiger partial charge in [-0.25, -0.2) is 0 Å². The second-order valence-electron chi connectivity index (χ2n) is 5.32. The molecule has 0 saturated heterocycles. The van der Waals surface area contributed by atoms with Gasteiger partial charge in [-0.2, -0.15) is 0 Å². The van der Waals surface area contributed by atoms with Gasteiger partial charge in [0.1, 0.15) is 5.75 Å². The Kier molecular flexibility index (Phi) is 2.07. The van der Waals surface area contributed by atoms with Gasteiger partial charge in [-0.15, -0.1) is 0 Å². The van der Waals surface area contributed by atoms with Gasteiger partial charge in [0.2, 0.25) is 0 Å². The van der Waals surface area contributed by atoms with Crippen molar-refractivity contribution in [3.05, 3.63) is 29.3 Å². The van der Waals surface area contributed by atoms with Gasteiger partial charge in [0.25, 0.3) is 0 Å². The predicted molar refractivity (Wildman–Crippen MR) is 69.7 cm³/mol. The lowest BCUT2D eigenvalue weighted by Gasteiger charge is -2.26. The summed E-state index contributed by atoms with van der Waals surface area (Å²) in [6.45, 7) is 1.61. The number of guanidine groups is 1. The molecule has 2 heterocycles. The molecule has 4 heteroatoms. The van der Waals surface area contributed by atoms with Crippen LogP contribution in [0.4, 0.5) is 0 Å². The maximum absolute atomic E-state index is 6.01. The van der Waals surface area contributed by atoms with Crippen LogP contribution >= 0.6 is 0 Å². The lowest BCUT2D eigenvalue weighted by Crippen LogP contribution is -2.37. The zero-order valence-corrected chi connectivity index (χ0v) is 10.3.